The quantitative estimate of drug-likeness (QED) is 0.216. The van der Waals surface area contributed by atoms with Crippen molar-refractivity contribution in [3.63, 3.8) is 0 Å². The number of hydrogen-bond donors (Lipinski definition) is 0. The van der Waals surface area contributed by atoms with Gasteiger partial charge in [-0.15, -0.1) is 11.3 Å². The fourth-order valence-electron chi connectivity index (χ4n) is 2.85. The fourth-order valence-corrected chi connectivity index (χ4v) is 3.62. The van der Waals surface area contributed by atoms with Gasteiger partial charge in [-0.1, -0.05) is 0 Å². The summed E-state index contributed by atoms with van der Waals surface area (Å²) in [4.78, 5) is 27.3. The van der Waals surface area contributed by atoms with Gasteiger partial charge in [0.25, 0.3) is 5.69 Å². The smallest absolute Gasteiger partial charge is 0.362 e. The number of esters is 1. The number of nitrogens with zero attached hydrogens (tertiary/aromatic N) is 4. The van der Waals surface area contributed by atoms with Crippen LogP contribution >= 0.6 is 11.3 Å². The van der Waals surface area contributed by atoms with E-state index in [1.807, 2.05) is 24.4 Å². The average molecular weight is 454 g/mol. The van der Waals surface area contributed by atoms with E-state index in [4.69, 9.17) is 13.9 Å². The first-order chi connectivity index (χ1) is 15.4. The summed E-state index contributed by atoms with van der Waals surface area (Å²) in [5.41, 5.74) is 1.15. The third-order valence-electron chi connectivity index (χ3n) is 4.35. The first-order valence-electron chi connectivity index (χ1n) is 9.60. The summed E-state index contributed by atoms with van der Waals surface area (Å²) in [6.45, 7) is 3.84. The molecule has 0 saturated heterocycles. The highest BCUT2D eigenvalue weighted by atomic mass is 32.1. The number of hydrogen-bond acceptors (Lipinski definition) is 9. The van der Waals surface area contributed by atoms with E-state index in [9.17, 15) is 14.9 Å². The average Bonchev–Trinajstić information content (AvgIpc) is 3.52. The number of ether oxygens (including phenoxy) is 2. The molecule has 0 radical (unpaired) electrons. The van der Waals surface area contributed by atoms with Crippen LogP contribution in [0.4, 0.5) is 5.69 Å². The Balaban J connectivity index is 1.56. The summed E-state index contributed by atoms with van der Waals surface area (Å²) in [6.07, 6.45) is 1.52. The molecular weight excluding hydrogens is 436 g/mol. The third kappa shape index (κ3) is 4.52. The van der Waals surface area contributed by atoms with E-state index >= 15 is 0 Å². The number of thiazole rings is 1. The fraction of sp³-hybridized carbons (Fsp3) is 0.190. The molecule has 32 heavy (non-hydrogen) atoms. The maximum atomic E-state index is 12.4. The SMILES string of the molecule is CCOC(=O)c1nn(-c2ccc([N+](=O)[O-])cc2)cc1OCc1csc(-c2ccc(C)o2)n1. The summed E-state index contributed by atoms with van der Waals surface area (Å²) in [6, 6.07) is 9.49. The molecule has 0 aliphatic heterocycles. The van der Waals surface area contributed by atoms with Gasteiger partial charge in [0.05, 0.1) is 29.1 Å². The van der Waals surface area contributed by atoms with Crippen LogP contribution in [0.1, 0.15) is 28.9 Å². The molecule has 10 nitrogen and oxygen atoms in total. The standard InChI is InChI=1S/C21H18N4O6S/c1-3-29-21(26)19-18(10-24(23-19)15-5-7-16(8-6-15)25(27)28)30-11-14-12-32-20(22-14)17-9-4-13(2)31-17/h4-10,12H,3,11H2,1-2H3. The lowest BCUT2D eigenvalue weighted by Crippen LogP contribution is -2.08. The van der Waals surface area contributed by atoms with Gasteiger partial charge in [-0.05, 0) is 38.1 Å². The Bertz CT molecular complexity index is 1260. The molecule has 0 N–H and O–H groups in total. The van der Waals surface area contributed by atoms with E-state index in [1.54, 1.807) is 6.92 Å². The Morgan fingerprint density at radius 1 is 1.25 bits per heavy atom. The van der Waals surface area contributed by atoms with Gasteiger partial charge >= 0.3 is 5.97 Å². The van der Waals surface area contributed by atoms with Gasteiger partial charge in [0.2, 0.25) is 5.69 Å². The molecule has 1 aromatic carbocycles. The number of nitro benzene ring substituents is 1. The Hall–Kier alpha value is -3.99. The lowest BCUT2D eigenvalue weighted by molar-refractivity contribution is -0.384. The Labute approximate surface area is 186 Å². The highest BCUT2D eigenvalue weighted by molar-refractivity contribution is 7.13. The van der Waals surface area contributed by atoms with Gasteiger partial charge in [0.15, 0.2) is 16.5 Å². The summed E-state index contributed by atoms with van der Waals surface area (Å²) >= 11 is 1.42. The van der Waals surface area contributed by atoms with E-state index in [0.29, 0.717) is 17.1 Å². The molecule has 0 saturated carbocycles. The monoisotopic (exact) mass is 454 g/mol. The number of non-ortho nitro benzene ring substituents is 1. The predicted octanol–water partition coefficient (Wildman–Crippen LogP) is 4.56. The van der Waals surface area contributed by atoms with Gasteiger partial charge in [0.1, 0.15) is 12.4 Å². The molecule has 0 spiro atoms. The number of benzene rings is 1. The topological polar surface area (TPSA) is 123 Å². The summed E-state index contributed by atoms with van der Waals surface area (Å²) in [7, 11) is 0. The molecule has 164 valence electrons. The van der Waals surface area contributed by atoms with Gasteiger partial charge in [-0.3, -0.25) is 10.1 Å². The highest BCUT2D eigenvalue weighted by Gasteiger charge is 2.21. The van der Waals surface area contributed by atoms with Crippen LogP contribution in [0.5, 0.6) is 5.75 Å². The Morgan fingerprint density at radius 3 is 2.69 bits per heavy atom. The second kappa shape index (κ2) is 9.02. The number of carbonyl (C=O) groups is 1. The second-order valence-electron chi connectivity index (χ2n) is 6.62. The minimum atomic E-state index is -0.631. The zero-order valence-corrected chi connectivity index (χ0v) is 18.0. The number of nitro groups is 1. The summed E-state index contributed by atoms with van der Waals surface area (Å²) in [5, 5.41) is 17.7. The molecule has 0 unspecified atom stereocenters. The van der Waals surface area contributed by atoms with E-state index < -0.39 is 10.9 Å². The molecule has 0 atom stereocenters. The summed E-state index contributed by atoms with van der Waals surface area (Å²) < 4.78 is 17.9. The van der Waals surface area contributed by atoms with Crippen molar-refractivity contribution in [1.82, 2.24) is 14.8 Å². The number of aryl methyl sites for hydroxylation is 1. The highest BCUT2D eigenvalue weighted by Crippen LogP contribution is 2.27. The van der Waals surface area contributed by atoms with Crippen LogP contribution in [0.2, 0.25) is 0 Å². The van der Waals surface area contributed by atoms with Crippen molar-refractivity contribution in [3.8, 4) is 22.2 Å². The molecule has 4 aromatic rings. The van der Waals surface area contributed by atoms with E-state index in [-0.39, 0.29) is 30.3 Å². The maximum Gasteiger partial charge on any atom is 0.362 e. The van der Waals surface area contributed by atoms with E-state index in [2.05, 4.69) is 10.1 Å². The lowest BCUT2D eigenvalue weighted by Gasteiger charge is -2.03. The normalized spacial score (nSPS) is 10.8. The zero-order valence-electron chi connectivity index (χ0n) is 17.2. The molecule has 3 aromatic heterocycles. The van der Waals surface area contributed by atoms with Crippen LogP contribution in [0.15, 0.2) is 52.4 Å². The molecule has 0 fully saturated rings. The van der Waals surface area contributed by atoms with Crippen LogP contribution in [0.3, 0.4) is 0 Å². The molecule has 4 rings (SSSR count). The van der Waals surface area contributed by atoms with Gasteiger partial charge in [0, 0.05) is 17.5 Å². The van der Waals surface area contributed by atoms with Crippen molar-refractivity contribution in [1.29, 1.82) is 0 Å². The molecule has 11 heteroatoms. The van der Waals surface area contributed by atoms with Gasteiger partial charge in [-0.2, -0.15) is 5.10 Å². The number of rotatable bonds is 8. The second-order valence-corrected chi connectivity index (χ2v) is 7.48. The predicted molar refractivity (Wildman–Crippen MR) is 115 cm³/mol. The minimum Gasteiger partial charge on any atom is -0.483 e. The number of aromatic nitrogens is 3. The molecule has 3 heterocycles. The minimum absolute atomic E-state index is 0.00214. The first kappa shape index (κ1) is 21.2. The van der Waals surface area contributed by atoms with Crippen LogP contribution < -0.4 is 4.74 Å². The molecule has 0 amide bonds. The van der Waals surface area contributed by atoms with Crippen molar-refractivity contribution < 1.29 is 23.6 Å². The van der Waals surface area contributed by atoms with Gasteiger partial charge in [-0.25, -0.2) is 14.5 Å². The van der Waals surface area contributed by atoms with Crippen LogP contribution in [-0.4, -0.2) is 32.3 Å². The van der Waals surface area contributed by atoms with Crippen molar-refractivity contribution >= 4 is 23.0 Å². The number of carbonyl (C=O) groups excluding carboxylic acids is 1. The van der Waals surface area contributed by atoms with E-state index in [0.717, 1.165) is 10.8 Å². The van der Waals surface area contributed by atoms with Crippen molar-refractivity contribution in [2.75, 3.05) is 6.61 Å². The van der Waals surface area contributed by atoms with Crippen LogP contribution in [0.25, 0.3) is 16.5 Å². The number of furan rings is 1. The Morgan fingerprint density at radius 2 is 2.03 bits per heavy atom. The van der Waals surface area contributed by atoms with Crippen molar-refractivity contribution in [2.24, 2.45) is 0 Å². The van der Waals surface area contributed by atoms with Crippen LogP contribution in [-0.2, 0) is 11.3 Å². The molecular formula is C21H18N4O6S. The Kier molecular flexibility index (Phi) is 5.99. The summed E-state index contributed by atoms with van der Waals surface area (Å²) in [5.74, 6) is 1.06. The van der Waals surface area contributed by atoms with Gasteiger partial charge < -0.3 is 13.9 Å². The molecule has 0 bridgehead atoms. The first-order valence-corrected chi connectivity index (χ1v) is 10.5. The molecule has 0 aliphatic rings. The van der Waals surface area contributed by atoms with Crippen molar-refractivity contribution in [2.45, 2.75) is 20.5 Å². The van der Waals surface area contributed by atoms with Crippen LogP contribution in [0, 0.1) is 17.0 Å². The maximum absolute atomic E-state index is 12.4. The third-order valence-corrected chi connectivity index (χ3v) is 5.26. The zero-order chi connectivity index (χ0) is 22.7. The lowest BCUT2D eigenvalue weighted by atomic mass is 10.3. The van der Waals surface area contributed by atoms with Crippen molar-refractivity contribution in [3.05, 3.63) is 75.2 Å². The van der Waals surface area contributed by atoms with E-state index in [1.165, 1.54) is 46.5 Å². The molecule has 0 aliphatic carbocycles. The largest absolute Gasteiger partial charge is 0.483 e.